The van der Waals surface area contributed by atoms with Crippen LogP contribution in [0.5, 0.6) is 5.75 Å². The van der Waals surface area contributed by atoms with E-state index in [0.717, 1.165) is 6.26 Å². The minimum Gasteiger partial charge on any atom is -0.485 e. The van der Waals surface area contributed by atoms with E-state index in [0.29, 0.717) is 16.8 Å². The molecule has 0 aliphatic heterocycles. The smallest absolute Gasteiger partial charge is 0.283 e. The van der Waals surface area contributed by atoms with Crippen molar-refractivity contribution in [3.05, 3.63) is 47.5 Å². The van der Waals surface area contributed by atoms with Crippen LogP contribution in [0.25, 0.3) is 16.7 Å². The van der Waals surface area contributed by atoms with Gasteiger partial charge >= 0.3 is 0 Å². The van der Waals surface area contributed by atoms with Gasteiger partial charge in [-0.15, -0.1) is 0 Å². The van der Waals surface area contributed by atoms with E-state index in [-0.39, 0.29) is 36.2 Å². The lowest BCUT2D eigenvalue weighted by atomic mass is 10.1. The number of aromatic nitrogens is 3. The van der Waals surface area contributed by atoms with Gasteiger partial charge in [-0.3, -0.25) is 4.79 Å². The molecule has 0 saturated heterocycles. The highest BCUT2D eigenvalue weighted by atomic mass is 32.2. The fourth-order valence-corrected chi connectivity index (χ4v) is 3.81. The van der Waals surface area contributed by atoms with Crippen molar-refractivity contribution in [1.82, 2.24) is 19.5 Å². The first-order chi connectivity index (χ1) is 16.0. The van der Waals surface area contributed by atoms with Crippen LogP contribution in [0.4, 0.5) is 4.39 Å². The van der Waals surface area contributed by atoms with Gasteiger partial charge < -0.3 is 14.2 Å². The van der Waals surface area contributed by atoms with Crippen LogP contribution in [0.3, 0.4) is 0 Å². The molecule has 0 aliphatic rings. The highest BCUT2D eigenvalue weighted by molar-refractivity contribution is 7.89. The molecule has 1 N–H and O–H groups in total. The lowest BCUT2D eigenvalue weighted by Gasteiger charge is -2.19. The quantitative estimate of drug-likeness (QED) is 0.456. The van der Waals surface area contributed by atoms with Gasteiger partial charge in [0, 0.05) is 20.3 Å². The van der Waals surface area contributed by atoms with E-state index in [9.17, 15) is 17.6 Å². The number of carbonyl (C=O) groups is 1. The summed E-state index contributed by atoms with van der Waals surface area (Å²) in [6.07, 6.45) is 0.342. The maximum Gasteiger partial charge on any atom is 0.283 e. The van der Waals surface area contributed by atoms with Crippen molar-refractivity contribution in [2.45, 2.75) is 25.9 Å². The summed E-state index contributed by atoms with van der Waals surface area (Å²) in [5, 5.41) is 5.20. The van der Waals surface area contributed by atoms with Gasteiger partial charge in [0.15, 0.2) is 5.65 Å². The molecule has 2 aromatic heterocycles. The summed E-state index contributed by atoms with van der Waals surface area (Å²) >= 11 is 0. The van der Waals surface area contributed by atoms with Gasteiger partial charge in [-0.1, -0.05) is 13.8 Å². The Morgan fingerprint density at radius 2 is 1.76 bits per heavy atom. The molecule has 34 heavy (non-hydrogen) atoms. The van der Waals surface area contributed by atoms with Crippen LogP contribution < -0.4 is 9.46 Å². The Hall–Kier alpha value is -3.09. The molecule has 0 radical (unpaired) electrons. The average molecular weight is 495 g/mol. The number of nitrogens with one attached hydrogen (secondary N) is 1. The van der Waals surface area contributed by atoms with Crippen LogP contribution in [0.1, 0.15) is 35.9 Å². The first-order valence-corrected chi connectivity index (χ1v) is 12.3. The topological polar surface area (TPSA) is 122 Å². The Kier molecular flexibility index (Phi) is 7.85. The van der Waals surface area contributed by atoms with Gasteiger partial charge in [0.25, 0.3) is 5.91 Å². The third-order valence-corrected chi connectivity index (χ3v) is 5.31. The first-order valence-electron chi connectivity index (χ1n) is 10.4. The van der Waals surface area contributed by atoms with Crippen LogP contribution in [0, 0.1) is 5.82 Å². The predicted octanol–water partition coefficient (Wildman–Crippen LogP) is 2.41. The molecule has 3 rings (SSSR count). The fourth-order valence-electron chi connectivity index (χ4n) is 3.37. The molecule has 12 heteroatoms. The molecule has 2 heterocycles. The number of sulfonamides is 1. The third kappa shape index (κ3) is 5.88. The number of carbonyl (C=O) groups excluding carboxylic acids is 1. The van der Waals surface area contributed by atoms with E-state index in [4.69, 9.17) is 14.2 Å². The Balaban J connectivity index is 2.29. The molecule has 3 aromatic rings. The molecule has 184 valence electrons. The van der Waals surface area contributed by atoms with Gasteiger partial charge in [-0.25, -0.2) is 27.2 Å². The predicted molar refractivity (Wildman–Crippen MR) is 123 cm³/mol. The maximum atomic E-state index is 13.5. The molecule has 0 fully saturated rings. The Labute approximate surface area is 197 Å². The van der Waals surface area contributed by atoms with Gasteiger partial charge in [0.05, 0.1) is 36.2 Å². The Bertz CT molecular complexity index is 1270. The minimum atomic E-state index is -3.84. The average Bonchev–Trinajstić information content (AvgIpc) is 3.14. The molecule has 1 amide bonds. The summed E-state index contributed by atoms with van der Waals surface area (Å²) in [5.41, 5.74) is 1.19. The largest absolute Gasteiger partial charge is 0.485 e. The lowest BCUT2D eigenvalue weighted by molar-refractivity contribution is 0.0252. The summed E-state index contributed by atoms with van der Waals surface area (Å²) < 4.78 is 56.8. The van der Waals surface area contributed by atoms with Crippen molar-refractivity contribution >= 4 is 27.0 Å². The molecule has 0 aliphatic carbocycles. The van der Waals surface area contributed by atoms with Crippen molar-refractivity contribution in [2.75, 3.05) is 33.7 Å². The SMILES string of the molecule is COCC(COC)Oc1cc(C(=O)NS(C)(=O)=O)nc2c1c(C(C)C)nn2-c1ccc(F)cc1. The summed E-state index contributed by atoms with van der Waals surface area (Å²) in [4.78, 5) is 17.1. The Morgan fingerprint density at radius 3 is 2.29 bits per heavy atom. The van der Waals surface area contributed by atoms with Crippen LogP contribution in [-0.4, -0.2) is 68.9 Å². The van der Waals surface area contributed by atoms with Crippen LogP contribution in [0.15, 0.2) is 30.3 Å². The molecule has 0 saturated carbocycles. The molecule has 0 spiro atoms. The molecule has 0 atom stereocenters. The molecular formula is C22H27FN4O6S. The third-order valence-electron chi connectivity index (χ3n) is 4.76. The van der Waals surface area contributed by atoms with Crippen molar-refractivity contribution < 1.29 is 31.8 Å². The standard InChI is InChI=1S/C22H27FN4O6S/c1-13(2)20-19-18(33-16(11-31-3)12-32-4)10-17(22(28)26-34(5,29)30)24-21(19)27(25-20)15-8-6-14(23)7-9-15/h6-10,13,16H,11-12H2,1-5H3,(H,26,28). The lowest BCUT2D eigenvalue weighted by Crippen LogP contribution is -2.31. The van der Waals surface area contributed by atoms with Crippen molar-refractivity contribution in [2.24, 2.45) is 0 Å². The van der Waals surface area contributed by atoms with Gasteiger partial charge in [0.1, 0.15) is 23.4 Å². The zero-order valence-electron chi connectivity index (χ0n) is 19.5. The van der Waals surface area contributed by atoms with E-state index in [1.807, 2.05) is 18.6 Å². The fraction of sp³-hybridized carbons (Fsp3) is 0.409. The van der Waals surface area contributed by atoms with Crippen molar-refractivity contribution in [3.8, 4) is 11.4 Å². The number of methoxy groups -OCH3 is 2. The van der Waals surface area contributed by atoms with Gasteiger partial charge in [-0.2, -0.15) is 5.10 Å². The summed E-state index contributed by atoms with van der Waals surface area (Å²) in [6, 6.07) is 6.97. The van der Waals surface area contributed by atoms with E-state index >= 15 is 0 Å². The normalized spacial score (nSPS) is 12.0. The zero-order valence-corrected chi connectivity index (χ0v) is 20.3. The summed E-state index contributed by atoms with van der Waals surface area (Å²) in [5.74, 6) is -1.15. The second-order valence-corrected chi connectivity index (χ2v) is 9.73. The van der Waals surface area contributed by atoms with Crippen LogP contribution >= 0.6 is 0 Å². The molecule has 0 unspecified atom stereocenters. The Morgan fingerprint density at radius 1 is 1.15 bits per heavy atom. The van der Waals surface area contributed by atoms with Gasteiger partial charge in [-0.05, 0) is 30.2 Å². The van der Waals surface area contributed by atoms with Crippen molar-refractivity contribution in [1.29, 1.82) is 0 Å². The number of fused-ring (bicyclic) bond motifs is 1. The number of benzene rings is 1. The summed E-state index contributed by atoms with van der Waals surface area (Å²) in [7, 11) is -0.799. The van der Waals surface area contributed by atoms with E-state index in [1.165, 1.54) is 49.2 Å². The summed E-state index contributed by atoms with van der Waals surface area (Å²) in [6.45, 7) is 4.27. The van der Waals surface area contributed by atoms with Crippen molar-refractivity contribution in [3.63, 3.8) is 0 Å². The van der Waals surface area contributed by atoms with E-state index in [2.05, 4.69) is 10.1 Å². The van der Waals surface area contributed by atoms with E-state index in [1.54, 1.807) is 0 Å². The highest BCUT2D eigenvalue weighted by Gasteiger charge is 2.25. The van der Waals surface area contributed by atoms with E-state index < -0.39 is 27.9 Å². The molecule has 0 bridgehead atoms. The number of ether oxygens (including phenoxy) is 3. The molecule has 1 aromatic carbocycles. The monoisotopic (exact) mass is 494 g/mol. The highest BCUT2D eigenvalue weighted by Crippen LogP contribution is 2.35. The molecule has 10 nitrogen and oxygen atoms in total. The zero-order chi connectivity index (χ0) is 25.0. The second-order valence-electron chi connectivity index (χ2n) is 7.99. The number of amides is 1. The second kappa shape index (κ2) is 10.5. The van der Waals surface area contributed by atoms with Crippen LogP contribution in [0.2, 0.25) is 0 Å². The number of hydrogen-bond acceptors (Lipinski definition) is 8. The number of rotatable bonds is 10. The maximum absolute atomic E-state index is 13.5. The number of hydrogen-bond donors (Lipinski definition) is 1. The van der Waals surface area contributed by atoms with Gasteiger partial charge in [0.2, 0.25) is 10.0 Å². The number of nitrogens with zero attached hydrogens (tertiary/aromatic N) is 3. The minimum absolute atomic E-state index is 0.0626. The first kappa shape index (κ1) is 25.5. The number of halogens is 1. The van der Waals surface area contributed by atoms with Crippen LogP contribution in [-0.2, 0) is 19.5 Å². The molecular weight excluding hydrogens is 467 g/mol. The number of pyridine rings is 1.